The number of anilines is 1. The molecule has 1 fully saturated rings. The minimum atomic E-state index is -0.686. The number of aromatic nitrogens is 1. The van der Waals surface area contributed by atoms with Gasteiger partial charge in [-0.1, -0.05) is 26.8 Å². The molecule has 3 atom stereocenters. The van der Waals surface area contributed by atoms with Gasteiger partial charge in [0.15, 0.2) is 0 Å². The summed E-state index contributed by atoms with van der Waals surface area (Å²) < 4.78 is 0. The molecule has 0 bridgehead atoms. The van der Waals surface area contributed by atoms with E-state index >= 15 is 0 Å². The van der Waals surface area contributed by atoms with Gasteiger partial charge in [0.2, 0.25) is 17.7 Å². The van der Waals surface area contributed by atoms with Crippen molar-refractivity contribution in [3.05, 3.63) is 36.0 Å². The third kappa shape index (κ3) is 6.72. The van der Waals surface area contributed by atoms with Gasteiger partial charge in [-0.05, 0) is 48.9 Å². The number of nitrogens with two attached hydrogens (primary N) is 1. The van der Waals surface area contributed by atoms with Crippen molar-refractivity contribution in [2.75, 3.05) is 18.4 Å². The summed E-state index contributed by atoms with van der Waals surface area (Å²) in [4.78, 5) is 41.8. The Labute approximate surface area is 194 Å². The lowest BCUT2D eigenvalue weighted by Crippen LogP contribution is -2.50. The number of hydrogen-bond donors (Lipinski definition) is 5. The summed E-state index contributed by atoms with van der Waals surface area (Å²) in [6.45, 7) is 6.48. The average Bonchev–Trinajstić information content (AvgIpc) is 3.26. The van der Waals surface area contributed by atoms with Gasteiger partial charge < -0.3 is 27.0 Å². The molecule has 0 unspecified atom stereocenters. The fourth-order valence-corrected chi connectivity index (χ4v) is 4.01. The molecule has 1 aliphatic rings. The minimum absolute atomic E-state index is 0.0899. The van der Waals surface area contributed by atoms with Crippen LogP contribution in [-0.2, 0) is 20.8 Å². The summed E-state index contributed by atoms with van der Waals surface area (Å²) in [7, 11) is 0. The Morgan fingerprint density at radius 2 is 2.03 bits per heavy atom. The number of nitrogens with zero attached hydrogens (tertiary/aromatic N) is 1. The zero-order chi connectivity index (χ0) is 24.0. The van der Waals surface area contributed by atoms with Gasteiger partial charge in [0.1, 0.15) is 6.04 Å². The summed E-state index contributed by atoms with van der Waals surface area (Å²) >= 11 is 0. The van der Waals surface area contributed by atoms with E-state index in [1.807, 2.05) is 32.0 Å². The SMILES string of the molecule is CCc1ccc2ncc(NC(=O)[C@@H](CC(C)C)NC(=O)[C@@H]3C[C@@H](NC(=O)CN)CN3)cc2c1. The van der Waals surface area contributed by atoms with Gasteiger partial charge in [0, 0.05) is 18.0 Å². The summed E-state index contributed by atoms with van der Waals surface area (Å²) in [5, 5.41) is 12.6. The van der Waals surface area contributed by atoms with Crippen LogP contribution >= 0.6 is 0 Å². The van der Waals surface area contributed by atoms with Crippen LogP contribution in [-0.4, -0.2) is 53.9 Å². The zero-order valence-corrected chi connectivity index (χ0v) is 19.5. The number of amides is 3. The number of benzene rings is 1. The van der Waals surface area contributed by atoms with Gasteiger partial charge in [-0.3, -0.25) is 19.4 Å². The number of aryl methyl sites for hydroxylation is 1. The molecule has 9 heteroatoms. The van der Waals surface area contributed by atoms with Gasteiger partial charge in [-0.2, -0.15) is 0 Å². The van der Waals surface area contributed by atoms with Crippen molar-refractivity contribution in [3.8, 4) is 0 Å². The Morgan fingerprint density at radius 3 is 2.73 bits per heavy atom. The largest absolute Gasteiger partial charge is 0.351 e. The summed E-state index contributed by atoms with van der Waals surface area (Å²) in [6, 6.07) is 6.66. The van der Waals surface area contributed by atoms with E-state index in [-0.39, 0.29) is 36.2 Å². The summed E-state index contributed by atoms with van der Waals surface area (Å²) in [6.07, 6.45) is 3.49. The Bertz CT molecular complexity index is 1010. The average molecular weight is 455 g/mol. The van der Waals surface area contributed by atoms with Gasteiger partial charge >= 0.3 is 0 Å². The molecule has 0 saturated carbocycles. The second-order valence-electron chi connectivity index (χ2n) is 8.95. The molecule has 33 heavy (non-hydrogen) atoms. The minimum Gasteiger partial charge on any atom is -0.351 e. The van der Waals surface area contributed by atoms with Gasteiger partial charge in [-0.15, -0.1) is 0 Å². The Balaban J connectivity index is 1.65. The number of nitrogens with one attached hydrogen (secondary N) is 4. The van der Waals surface area contributed by atoms with Crippen molar-refractivity contribution in [1.82, 2.24) is 20.9 Å². The highest BCUT2D eigenvalue weighted by molar-refractivity contribution is 5.99. The number of pyridine rings is 1. The predicted octanol–water partition coefficient (Wildman–Crippen LogP) is 1.07. The normalized spacial score (nSPS) is 18.8. The third-order valence-corrected chi connectivity index (χ3v) is 5.76. The maximum Gasteiger partial charge on any atom is 0.247 e. The molecule has 3 amide bonds. The molecular weight excluding hydrogens is 420 g/mol. The number of rotatable bonds is 9. The summed E-state index contributed by atoms with van der Waals surface area (Å²) in [5.74, 6) is -0.591. The topological polar surface area (TPSA) is 138 Å². The Kier molecular flexibility index (Phi) is 8.35. The molecule has 9 nitrogen and oxygen atoms in total. The molecular formula is C24H34N6O3. The van der Waals surface area contributed by atoms with Crippen molar-refractivity contribution in [2.24, 2.45) is 11.7 Å². The molecule has 1 aromatic carbocycles. The van der Waals surface area contributed by atoms with E-state index in [9.17, 15) is 14.4 Å². The summed E-state index contributed by atoms with van der Waals surface area (Å²) in [5.41, 5.74) is 7.99. The highest BCUT2D eigenvalue weighted by Crippen LogP contribution is 2.19. The molecule has 3 rings (SSSR count). The molecule has 178 valence electrons. The van der Waals surface area contributed by atoms with Gasteiger partial charge in [-0.25, -0.2) is 0 Å². The molecule has 6 N–H and O–H groups in total. The molecule has 2 aromatic rings. The molecule has 1 aromatic heterocycles. The lowest BCUT2D eigenvalue weighted by atomic mass is 10.0. The third-order valence-electron chi connectivity index (χ3n) is 5.76. The van der Waals surface area contributed by atoms with Gasteiger partial charge in [0.05, 0.1) is 30.0 Å². The van der Waals surface area contributed by atoms with Crippen LogP contribution < -0.4 is 27.0 Å². The van der Waals surface area contributed by atoms with Crippen LogP contribution in [0, 0.1) is 5.92 Å². The second-order valence-corrected chi connectivity index (χ2v) is 8.95. The standard InChI is InChI=1S/C24H34N6O3/c1-4-15-5-6-19-16(8-15)9-17(12-26-19)29-24(33)21(7-14(2)3)30-23(32)20-10-18(13-27-20)28-22(31)11-25/h5-6,8-9,12,14,18,20-21,27H,4,7,10-11,13,25H2,1-3H3,(H,28,31)(H,29,33)(H,30,32)/t18-,20+,21-/m1/s1. The first kappa shape index (κ1) is 24.6. The van der Waals surface area contributed by atoms with Crippen molar-refractivity contribution >= 4 is 34.3 Å². The van der Waals surface area contributed by atoms with E-state index < -0.39 is 12.1 Å². The van der Waals surface area contributed by atoms with E-state index in [1.165, 1.54) is 5.56 Å². The van der Waals surface area contributed by atoms with E-state index in [4.69, 9.17) is 5.73 Å². The maximum atomic E-state index is 13.1. The lowest BCUT2D eigenvalue weighted by Gasteiger charge is -2.22. The molecule has 0 radical (unpaired) electrons. The first-order chi connectivity index (χ1) is 15.8. The molecule has 0 spiro atoms. The van der Waals surface area contributed by atoms with Crippen LogP contribution in [0.4, 0.5) is 5.69 Å². The van der Waals surface area contributed by atoms with Crippen molar-refractivity contribution in [2.45, 2.75) is 58.2 Å². The number of fused-ring (bicyclic) bond motifs is 1. The van der Waals surface area contributed by atoms with Crippen LogP contribution in [0.15, 0.2) is 30.5 Å². The fraction of sp³-hybridized carbons (Fsp3) is 0.500. The van der Waals surface area contributed by atoms with E-state index in [0.29, 0.717) is 25.1 Å². The van der Waals surface area contributed by atoms with E-state index in [2.05, 4.69) is 39.2 Å². The number of hydrogen-bond acceptors (Lipinski definition) is 6. The van der Waals surface area contributed by atoms with Crippen LogP contribution in [0.25, 0.3) is 10.9 Å². The monoisotopic (exact) mass is 454 g/mol. The zero-order valence-electron chi connectivity index (χ0n) is 19.5. The molecule has 2 heterocycles. The molecule has 1 aliphatic heterocycles. The first-order valence-electron chi connectivity index (χ1n) is 11.5. The number of carbonyl (C=O) groups excluding carboxylic acids is 3. The van der Waals surface area contributed by atoms with E-state index in [1.54, 1.807) is 6.20 Å². The van der Waals surface area contributed by atoms with E-state index in [0.717, 1.165) is 17.3 Å². The fourth-order valence-electron chi connectivity index (χ4n) is 4.01. The lowest BCUT2D eigenvalue weighted by molar-refractivity contribution is -0.128. The van der Waals surface area contributed by atoms with Crippen LogP contribution in [0.1, 0.15) is 39.2 Å². The first-order valence-corrected chi connectivity index (χ1v) is 11.5. The quantitative estimate of drug-likeness (QED) is 0.384. The molecule has 1 saturated heterocycles. The smallest absolute Gasteiger partial charge is 0.247 e. The molecule has 0 aliphatic carbocycles. The van der Waals surface area contributed by atoms with Crippen molar-refractivity contribution in [1.29, 1.82) is 0 Å². The van der Waals surface area contributed by atoms with Gasteiger partial charge in [0.25, 0.3) is 0 Å². The highest BCUT2D eigenvalue weighted by Gasteiger charge is 2.32. The predicted molar refractivity (Wildman–Crippen MR) is 129 cm³/mol. The van der Waals surface area contributed by atoms with Crippen molar-refractivity contribution in [3.63, 3.8) is 0 Å². The highest BCUT2D eigenvalue weighted by atomic mass is 16.2. The van der Waals surface area contributed by atoms with Crippen LogP contribution in [0.2, 0.25) is 0 Å². The Morgan fingerprint density at radius 1 is 1.24 bits per heavy atom. The number of carbonyl (C=O) groups is 3. The Hall–Kier alpha value is -3.04. The maximum absolute atomic E-state index is 13.1. The van der Waals surface area contributed by atoms with Crippen LogP contribution in [0.5, 0.6) is 0 Å². The van der Waals surface area contributed by atoms with Crippen molar-refractivity contribution < 1.29 is 14.4 Å². The second kappa shape index (κ2) is 11.2. The van der Waals surface area contributed by atoms with Crippen LogP contribution in [0.3, 0.4) is 0 Å².